The maximum atomic E-state index is 6.36. The first-order valence-corrected chi connectivity index (χ1v) is 13.2. The molecule has 9 nitrogen and oxygen atoms in total. The molecule has 6 rings (SSSR count). The molecule has 3 saturated heterocycles. The number of aryl methyl sites for hydroxylation is 1. The lowest BCUT2D eigenvalue weighted by molar-refractivity contribution is 0.150. The molecule has 0 aliphatic carbocycles. The van der Waals surface area contributed by atoms with Crippen LogP contribution in [0.15, 0.2) is 18.3 Å². The molecule has 0 unspecified atom stereocenters. The number of piperidine rings is 1. The lowest BCUT2D eigenvalue weighted by atomic mass is 10.0. The summed E-state index contributed by atoms with van der Waals surface area (Å²) in [5, 5.41) is 7.09. The minimum atomic E-state index is 0.503. The number of piperazine rings is 2. The molecule has 0 aromatic carbocycles. The zero-order chi connectivity index (χ0) is 23.8. The zero-order valence-electron chi connectivity index (χ0n) is 21.1. The lowest BCUT2D eigenvalue weighted by Crippen LogP contribution is -2.52. The highest BCUT2D eigenvalue weighted by Gasteiger charge is 2.28. The summed E-state index contributed by atoms with van der Waals surface area (Å²) in [6.45, 7) is 13.4. The van der Waals surface area contributed by atoms with Gasteiger partial charge in [0.2, 0.25) is 0 Å². The first kappa shape index (κ1) is 22.8. The van der Waals surface area contributed by atoms with Crippen LogP contribution < -0.4 is 25.2 Å². The highest BCUT2D eigenvalue weighted by atomic mass is 16.5. The molecule has 9 heteroatoms. The number of nitrogens with one attached hydrogen (secondary N) is 2. The molecule has 3 fully saturated rings. The second-order valence-corrected chi connectivity index (χ2v) is 10.3. The van der Waals surface area contributed by atoms with Crippen molar-refractivity contribution in [3.63, 3.8) is 0 Å². The van der Waals surface area contributed by atoms with E-state index in [4.69, 9.17) is 14.7 Å². The molecule has 188 valence electrons. The summed E-state index contributed by atoms with van der Waals surface area (Å²) in [6, 6.07) is 4.98. The van der Waals surface area contributed by atoms with Crippen molar-refractivity contribution < 1.29 is 4.74 Å². The minimum absolute atomic E-state index is 0.503. The van der Waals surface area contributed by atoms with E-state index in [1.54, 1.807) is 0 Å². The number of likely N-dealkylation sites (N-methyl/N-ethyl adjacent to an activating group) is 1. The summed E-state index contributed by atoms with van der Waals surface area (Å²) in [5.41, 5.74) is 4.26. The van der Waals surface area contributed by atoms with Gasteiger partial charge in [-0.3, -0.25) is 4.90 Å². The smallest absolute Gasteiger partial charge is 0.164 e. The molecule has 0 saturated carbocycles. The van der Waals surface area contributed by atoms with E-state index in [0.717, 1.165) is 86.7 Å². The van der Waals surface area contributed by atoms with Gasteiger partial charge >= 0.3 is 0 Å². The van der Waals surface area contributed by atoms with E-state index in [1.165, 1.54) is 31.6 Å². The summed E-state index contributed by atoms with van der Waals surface area (Å²) in [7, 11) is 2.19. The predicted octanol–water partition coefficient (Wildman–Crippen LogP) is 2.05. The molecule has 0 spiro atoms. The number of rotatable bonds is 3. The Kier molecular flexibility index (Phi) is 6.39. The van der Waals surface area contributed by atoms with Gasteiger partial charge in [0.1, 0.15) is 18.2 Å². The number of fused-ring (bicyclic) bond motifs is 2. The number of hydrogen-bond donors (Lipinski definition) is 2. The van der Waals surface area contributed by atoms with Crippen molar-refractivity contribution in [3.05, 3.63) is 29.6 Å². The number of hydrogen-bond acceptors (Lipinski definition) is 9. The van der Waals surface area contributed by atoms with Gasteiger partial charge in [-0.1, -0.05) is 0 Å². The van der Waals surface area contributed by atoms with Gasteiger partial charge < -0.3 is 30.1 Å². The molecular formula is C26H38N8O. The molecule has 0 radical (unpaired) electrons. The number of pyridine rings is 2. The fourth-order valence-electron chi connectivity index (χ4n) is 5.94. The van der Waals surface area contributed by atoms with Crippen LogP contribution in [0, 0.1) is 6.92 Å². The van der Waals surface area contributed by atoms with Crippen LogP contribution in [0.1, 0.15) is 24.1 Å². The highest BCUT2D eigenvalue weighted by Crippen LogP contribution is 2.40. The Labute approximate surface area is 208 Å². The predicted molar refractivity (Wildman–Crippen MR) is 140 cm³/mol. The molecule has 2 aromatic heterocycles. The largest absolute Gasteiger partial charge is 0.485 e. The van der Waals surface area contributed by atoms with Gasteiger partial charge in [-0.2, -0.15) is 0 Å². The standard InChI is InChI=1S/C26H38N8O/c1-19-25-22(17-24(29-19)34-9-4-20(5-10-34)32-11-7-27-8-12-32)30-26-21(18-35-25)23(3-6-28-26)33-15-13-31(2)14-16-33/h3,6,17,20,27H,4-5,7-16,18H2,1-2H3,(H,28,30). The second-order valence-electron chi connectivity index (χ2n) is 10.3. The van der Waals surface area contributed by atoms with E-state index in [9.17, 15) is 0 Å². The van der Waals surface area contributed by atoms with Crippen molar-refractivity contribution in [1.82, 2.24) is 25.1 Å². The van der Waals surface area contributed by atoms with Crippen LogP contribution in [0.4, 0.5) is 23.0 Å². The zero-order valence-corrected chi connectivity index (χ0v) is 21.1. The maximum absolute atomic E-state index is 6.36. The first-order valence-electron chi connectivity index (χ1n) is 13.2. The molecule has 2 aromatic rings. The summed E-state index contributed by atoms with van der Waals surface area (Å²) in [4.78, 5) is 19.6. The van der Waals surface area contributed by atoms with Crippen molar-refractivity contribution in [2.75, 3.05) is 87.6 Å². The van der Waals surface area contributed by atoms with E-state index in [-0.39, 0.29) is 0 Å². The second kappa shape index (κ2) is 9.79. The fourth-order valence-corrected chi connectivity index (χ4v) is 5.94. The van der Waals surface area contributed by atoms with Gasteiger partial charge in [-0.25, -0.2) is 9.97 Å². The Balaban J connectivity index is 1.20. The summed E-state index contributed by atoms with van der Waals surface area (Å²) in [6.07, 6.45) is 4.31. The minimum Gasteiger partial charge on any atom is -0.485 e. The van der Waals surface area contributed by atoms with Crippen LogP contribution >= 0.6 is 0 Å². The van der Waals surface area contributed by atoms with E-state index < -0.39 is 0 Å². The third-order valence-electron chi connectivity index (χ3n) is 8.07. The Hall–Kier alpha value is -2.62. The van der Waals surface area contributed by atoms with Crippen molar-refractivity contribution in [3.8, 4) is 5.75 Å². The van der Waals surface area contributed by atoms with Gasteiger partial charge in [-0.05, 0) is 32.9 Å². The van der Waals surface area contributed by atoms with Crippen molar-refractivity contribution in [2.24, 2.45) is 0 Å². The molecule has 35 heavy (non-hydrogen) atoms. The Morgan fingerprint density at radius 1 is 0.971 bits per heavy atom. The molecular weight excluding hydrogens is 440 g/mol. The normalized spacial score (nSPS) is 22.1. The van der Waals surface area contributed by atoms with Gasteiger partial charge in [0.05, 0.1) is 16.9 Å². The third kappa shape index (κ3) is 4.64. The number of anilines is 4. The SMILES string of the molecule is Cc1nc(N2CCC(N3CCNCC3)CC2)cc2c1OCc1c(N3CCN(C)CC3)ccnc1N2. The molecule has 4 aliphatic heterocycles. The topological polar surface area (TPSA) is 72.0 Å². The van der Waals surface area contributed by atoms with E-state index >= 15 is 0 Å². The van der Waals surface area contributed by atoms with Crippen LogP contribution in [0.25, 0.3) is 0 Å². The Morgan fingerprint density at radius 3 is 2.51 bits per heavy atom. The summed E-state index contributed by atoms with van der Waals surface area (Å²) >= 11 is 0. The van der Waals surface area contributed by atoms with E-state index in [2.05, 4.69) is 56.3 Å². The average molecular weight is 479 g/mol. The fraction of sp³-hybridized carbons (Fsp3) is 0.615. The molecule has 6 heterocycles. The molecule has 0 amide bonds. The Morgan fingerprint density at radius 2 is 1.74 bits per heavy atom. The maximum Gasteiger partial charge on any atom is 0.164 e. The number of aromatic nitrogens is 2. The van der Waals surface area contributed by atoms with Crippen LogP contribution in [-0.4, -0.2) is 98.3 Å². The van der Waals surface area contributed by atoms with Crippen molar-refractivity contribution >= 4 is 23.0 Å². The summed E-state index contributed by atoms with van der Waals surface area (Å²) in [5.74, 6) is 2.77. The van der Waals surface area contributed by atoms with Crippen LogP contribution in [0.2, 0.25) is 0 Å². The monoisotopic (exact) mass is 478 g/mol. The van der Waals surface area contributed by atoms with Gasteiger partial charge in [0, 0.05) is 89.4 Å². The highest BCUT2D eigenvalue weighted by molar-refractivity contribution is 5.75. The Bertz CT molecular complexity index is 1040. The van der Waals surface area contributed by atoms with Gasteiger partial charge in [0.15, 0.2) is 5.75 Å². The first-order chi connectivity index (χ1) is 17.2. The molecule has 0 atom stereocenters. The average Bonchev–Trinajstić information content (AvgIpc) is 3.09. The van der Waals surface area contributed by atoms with E-state index in [1.807, 2.05) is 6.20 Å². The van der Waals surface area contributed by atoms with Crippen LogP contribution in [0.3, 0.4) is 0 Å². The third-order valence-corrected chi connectivity index (χ3v) is 8.07. The van der Waals surface area contributed by atoms with Crippen LogP contribution in [0.5, 0.6) is 5.75 Å². The van der Waals surface area contributed by atoms with Crippen LogP contribution in [-0.2, 0) is 6.61 Å². The van der Waals surface area contributed by atoms with E-state index in [0.29, 0.717) is 12.6 Å². The number of ether oxygens (including phenoxy) is 1. The molecule has 4 aliphatic rings. The lowest BCUT2D eigenvalue weighted by Gasteiger charge is -2.40. The van der Waals surface area contributed by atoms with Gasteiger partial charge in [0.25, 0.3) is 0 Å². The molecule has 0 bridgehead atoms. The van der Waals surface area contributed by atoms with Crippen molar-refractivity contribution in [1.29, 1.82) is 0 Å². The van der Waals surface area contributed by atoms with Crippen molar-refractivity contribution in [2.45, 2.75) is 32.4 Å². The molecule has 2 N–H and O–H groups in total. The van der Waals surface area contributed by atoms with Gasteiger partial charge in [-0.15, -0.1) is 0 Å². The quantitative estimate of drug-likeness (QED) is 0.690. The number of nitrogens with zero attached hydrogens (tertiary/aromatic N) is 6. The summed E-state index contributed by atoms with van der Waals surface area (Å²) < 4.78 is 6.36.